The van der Waals surface area contributed by atoms with E-state index in [9.17, 15) is 0 Å². The monoisotopic (exact) mass is 130 g/mol. The first-order chi connectivity index (χ1) is 4.33. The molecular weight excluding hydrogens is 116 g/mol. The van der Waals surface area contributed by atoms with Crippen molar-refractivity contribution >= 4 is 0 Å². The number of aliphatic hydroxyl groups excluding tert-OH is 1. The van der Waals surface area contributed by atoms with Crippen molar-refractivity contribution in [2.45, 2.75) is 38.4 Å². The highest BCUT2D eigenvalue weighted by Crippen LogP contribution is 2.17. The lowest BCUT2D eigenvalue weighted by molar-refractivity contribution is -0.0633. The van der Waals surface area contributed by atoms with Crippen LogP contribution >= 0.6 is 0 Å². The van der Waals surface area contributed by atoms with Gasteiger partial charge in [0.2, 0.25) is 0 Å². The first-order valence-electron chi connectivity index (χ1n) is 3.59. The summed E-state index contributed by atoms with van der Waals surface area (Å²) in [6, 6.07) is 0. The Kier molecular flexibility index (Phi) is 2.49. The lowest BCUT2D eigenvalue weighted by Crippen LogP contribution is -2.27. The third kappa shape index (κ3) is 1.95. The second kappa shape index (κ2) is 3.18. The van der Waals surface area contributed by atoms with E-state index in [0.717, 1.165) is 12.8 Å². The van der Waals surface area contributed by atoms with Crippen molar-refractivity contribution in [1.82, 2.24) is 0 Å². The molecular formula is C7H14O2. The molecule has 0 saturated carbocycles. The Labute approximate surface area is 55.8 Å². The maximum Gasteiger partial charge on any atom is 0.0809 e. The molecule has 0 unspecified atom stereocenters. The van der Waals surface area contributed by atoms with E-state index < -0.39 is 0 Å². The second-order valence-electron chi connectivity index (χ2n) is 2.68. The number of hydrogen-bond donors (Lipinski definition) is 1. The second-order valence-corrected chi connectivity index (χ2v) is 2.68. The predicted molar refractivity (Wildman–Crippen MR) is 35.3 cm³/mol. The summed E-state index contributed by atoms with van der Waals surface area (Å²) in [6.45, 7) is 2.24. The van der Waals surface area contributed by atoms with Crippen LogP contribution in [-0.2, 0) is 4.74 Å². The summed E-state index contributed by atoms with van der Waals surface area (Å²) < 4.78 is 5.39. The summed E-state index contributed by atoms with van der Waals surface area (Å²) >= 11 is 0. The highest BCUT2D eigenvalue weighted by atomic mass is 16.5. The zero-order valence-electron chi connectivity index (χ0n) is 5.84. The van der Waals surface area contributed by atoms with Crippen molar-refractivity contribution in [3.63, 3.8) is 0 Å². The van der Waals surface area contributed by atoms with Crippen LogP contribution in [0.1, 0.15) is 26.2 Å². The average Bonchev–Trinajstić information content (AvgIpc) is 1.88. The molecule has 1 N–H and O–H groups in total. The quantitative estimate of drug-likeness (QED) is 0.572. The van der Waals surface area contributed by atoms with Crippen LogP contribution in [0, 0.1) is 0 Å². The first kappa shape index (κ1) is 7.03. The van der Waals surface area contributed by atoms with E-state index in [-0.39, 0.29) is 12.7 Å². The van der Waals surface area contributed by atoms with E-state index in [4.69, 9.17) is 9.84 Å². The van der Waals surface area contributed by atoms with E-state index in [1.165, 1.54) is 6.42 Å². The van der Waals surface area contributed by atoms with E-state index in [1.807, 2.05) is 0 Å². The molecule has 2 atom stereocenters. The zero-order chi connectivity index (χ0) is 6.69. The van der Waals surface area contributed by atoms with Gasteiger partial charge in [-0.3, -0.25) is 0 Å². The van der Waals surface area contributed by atoms with Crippen LogP contribution < -0.4 is 0 Å². The van der Waals surface area contributed by atoms with Crippen molar-refractivity contribution in [2.75, 3.05) is 6.61 Å². The van der Waals surface area contributed by atoms with Gasteiger partial charge in [-0.2, -0.15) is 0 Å². The summed E-state index contributed by atoms with van der Waals surface area (Å²) in [5.41, 5.74) is 0. The zero-order valence-corrected chi connectivity index (χ0v) is 5.84. The van der Waals surface area contributed by atoms with Gasteiger partial charge in [0.25, 0.3) is 0 Å². The van der Waals surface area contributed by atoms with Gasteiger partial charge in [-0.1, -0.05) is 0 Å². The van der Waals surface area contributed by atoms with E-state index in [2.05, 4.69) is 6.92 Å². The average molecular weight is 130 g/mol. The van der Waals surface area contributed by atoms with E-state index in [1.54, 1.807) is 0 Å². The Balaban J connectivity index is 2.23. The molecule has 0 aromatic rings. The van der Waals surface area contributed by atoms with Crippen molar-refractivity contribution < 1.29 is 9.84 Å². The third-order valence-corrected chi connectivity index (χ3v) is 1.77. The SMILES string of the molecule is C[C@H]1CCC[C@@H](CO)O1. The van der Waals surface area contributed by atoms with Crippen LogP contribution in [0.2, 0.25) is 0 Å². The molecule has 1 fully saturated rings. The smallest absolute Gasteiger partial charge is 0.0809 e. The van der Waals surface area contributed by atoms with Crippen LogP contribution in [-0.4, -0.2) is 23.9 Å². The summed E-state index contributed by atoms with van der Waals surface area (Å²) in [4.78, 5) is 0. The molecule has 9 heavy (non-hydrogen) atoms. The molecule has 1 heterocycles. The maximum atomic E-state index is 8.68. The summed E-state index contributed by atoms with van der Waals surface area (Å²) in [6.07, 6.45) is 3.86. The Morgan fingerprint density at radius 2 is 2.33 bits per heavy atom. The number of aliphatic hydroxyl groups is 1. The largest absolute Gasteiger partial charge is 0.394 e. The fraction of sp³-hybridized carbons (Fsp3) is 1.00. The molecule has 0 aromatic heterocycles. The van der Waals surface area contributed by atoms with E-state index >= 15 is 0 Å². The highest BCUT2D eigenvalue weighted by molar-refractivity contribution is 4.66. The standard InChI is InChI=1S/C7H14O2/c1-6-3-2-4-7(5-8)9-6/h6-8H,2-5H2,1H3/t6-,7-/m0/s1. The van der Waals surface area contributed by atoms with Crippen LogP contribution in [0.25, 0.3) is 0 Å². The lowest BCUT2D eigenvalue weighted by Gasteiger charge is -2.25. The van der Waals surface area contributed by atoms with Gasteiger partial charge in [-0.15, -0.1) is 0 Å². The molecule has 1 aliphatic heterocycles. The molecule has 0 radical (unpaired) electrons. The van der Waals surface area contributed by atoms with Crippen LogP contribution in [0.15, 0.2) is 0 Å². The molecule has 0 spiro atoms. The third-order valence-electron chi connectivity index (χ3n) is 1.77. The lowest BCUT2D eigenvalue weighted by atomic mass is 10.1. The van der Waals surface area contributed by atoms with Crippen molar-refractivity contribution in [3.05, 3.63) is 0 Å². The first-order valence-corrected chi connectivity index (χ1v) is 3.59. The van der Waals surface area contributed by atoms with Gasteiger partial charge < -0.3 is 9.84 Å². The normalized spacial score (nSPS) is 36.7. The molecule has 0 aliphatic carbocycles. The van der Waals surface area contributed by atoms with E-state index in [0.29, 0.717) is 6.10 Å². The van der Waals surface area contributed by atoms with Crippen LogP contribution in [0.5, 0.6) is 0 Å². The van der Waals surface area contributed by atoms with Gasteiger partial charge >= 0.3 is 0 Å². The fourth-order valence-corrected chi connectivity index (χ4v) is 1.23. The van der Waals surface area contributed by atoms with Crippen LogP contribution in [0.3, 0.4) is 0 Å². The number of ether oxygens (including phenoxy) is 1. The van der Waals surface area contributed by atoms with Gasteiger partial charge in [0, 0.05) is 0 Å². The molecule has 2 nitrogen and oxygen atoms in total. The number of rotatable bonds is 1. The molecule has 1 rings (SSSR count). The molecule has 54 valence electrons. The molecule has 1 aliphatic rings. The molecule has 0 amide bonds. The summed E-state index contributed by atoms with van der Waals surface area (Å²) in [7, 11) is 0. The highest BCUT2D eigenvalue weighted by Gasteiger charge is 2.17. The van der Waals surface area contributed by atoms with Gasteiger partial charge in [0.05, 0.1) is 18.8 Å². The maximum absolute atomic E-state index is 8.68. The summed E-state index contributed by atoms with van der Waals surface area (Å²) in [5, 5.41) is 8.68. The van der Waals surface area contributed by atoms with Crippen LogP contribution in [0.4, 0.5) is 0 Å². The van der Waals surface area contributed by atoms with Crippen molar-refractivity contribution in [1.29, 1.82) is 0 Å². The van der Waals surface area contributed by atoms with Gasteiger partial charge in [0.1, 0.15) is 0 Å². The Hall–Kier alpha value is -0.0800. The van der Waals surface area contributed by atoms with Crippen molar-refractivity contribution in [2.24, 2.45) is 0 Å². The van der Waals surface area contributed by atoms with Gasteiger partial charge in [-0.05, 0) is 26.2 Å². The molecule has 0 bridgehead atoms. The molecule has 2 heteroatoms. The Bertz CT molecular complexity index is 83.0. The number of hydrogen-bond acceptors (Lipinski definition) is 2. The Morgan fingerprint density at radius 1 is 1.56 bits per heavy atom. The van der Waals surface area contributed by atoms with Gasteiger partial charge in [0.15, 0.2) is 0 Å². The summed E-state index contributed by atoms with van der Waals surface area (Å²) in [5.74, 6) is 0. The molecule has 1 saturated heterocycles. The molecule has 0 aromatic carbocycles. The predicted octanol–water partition coefficient (Wildman–Crippen LogP) is 0.936. The minimum Gasteiger partial charge on any atom is -0.394 e. The minimum atomic E-state index is 0.119. The minimum absolute atomic E-state index is 0.119. The van der Waals surface area contributed by atoms with Crippen molar-refractivity contribution in [3.8, 4) is 0 Å². The topological polar surface area (TPSA) is 29.5 Å². The Morgan fingerprint density at radius 3 is 2.78 bits per heavy atom. The fourth-order valence-electron chi connectivity index (χ4n) is 1.23. The van der Waals surface area contributed by atoms with Gasteiger partial charge in [-0.25, -0.2) is 0 Å².